The molecular weight excluding hydrogens is 286 g/mol. The predicted octanol–water partition coefficient (Wildman–Crippen LogP) is 4.57. The van der Waals surface area contributed by atoms with Gasteiger partial charge in [0.15, 0.2) is 0 Å². The van der Waals surface area contributed by atoms with Crippen LogP contribution in [-0.4, -0.2) is 18.6 Å². The minimum absolute atomic E-state index is 0.00373. The van der Waals surface area contributed by atoms with Crippen molar-refractivity contribution in [3.05, 3.63) is 35.9 Å². The van der Waals surface area contributed by atoms with Gasteiger partial charge in [0, 0.05) is 12.1 Å². The third-order valence-electron chi connectivity index (χ3n) is 4.39. The van der Waals surface area contributed by atoms with E-state index in [0.717, 1.165) is 43.6 Å². The van der Waals surface area contributed by atoms with Gasteiger partial charge in [-0.05, 0) is 54.9 Å². The first kappa shape index (κ1) is 17.6. The summed E-state index contributed by atoms with van der Waals surface area (Å²) in [4.78, 5) is 12.0. The van der Waals surface area contributed by atoms with Crippen LogP contribution in [-0.2, 0) is 4.79 Å². The van der Waals surface area contributed by atoms with Gasteiger partial charge in [0.2, 0.25) is 5.91 Å². The molecule has 1 unspecified atom stereocenters. The largest absolute Gasteiger partial charge is 0.494 e. The molecule has 3 nitrogen and oxygen atoms in total. The van der Waals surface area contributed by atoms with Crippen molar-refractivity contribution in [3.63, 3.8) is 0 Å². The van der Waals surface area contributed by atoms with Crippen LogP contribution in [0.2, 0.25) is 0 Å². The van der Waals surface area contributed by atoms with E-state index < -0.39 is 0 Å². The maximum atomic E-state index is 12.0. The molecule has 1 N–H and O–H groups in total. The average molecular weight is 315 g/mol. The lowest BCUT2D eigenvalue weighted by molar-refractivity contribution is -0.117. The van der Waals surface area contributed by atoms with E-state index in [4.69, 9.17) is 4.74 Å². The average Bonchev–Trinajstić information content (AvgIpc) is 2.85. The van der Waals surface area contributed by atoms with Crippen molar-refractivity contribution in [1.29, 1.82) is 0 Å². The summed E-state index contributed by atoms with van der Waals surface area (Å²) < 4.78 is 5.63. The Kier molecular flexibility index (Phi) is 6.26. The number of ether oxygens (including phenoxy) is 1. The van der Waals surface area contributed by atoms with Crippen LogP contribution in [0.15, 0.2) is 30.3 Å². The van der Waals surface area contributed by atoms with Crippen molar-refractivity contribution < 1.29 is 9.53 Å². The van der Waals surface area contributed by atoms with Gasteiger partial charge in [0.05, 0.1) is 6.61 Å². The van der Waals surface area contributed by atoms with Gasteiger partial charge >= 0.3 is 0 Å². The fourth-order valence-corrected chi connectivity index (χ4v) is 2.99. The van der Waals surface area contributed by atoms with Crippen molar-refractivity contribution in [2.24, 2.45) is 5.41 Å². The Hall–Kier alpha value is -1.77. The van der Waals surface area contributed by atoms with Gasteiger partial charge in [-0.15, -0.1) is 0 Å². The number of benzene rings is 1. The third kappa shape index (κ3) is 6.09. The second-order valence-corrected chi connectivity index (χ2v) is 7.22. The van der Waals surface area contributed by atoms with Crippen molar-refractivity contribution in [1.82, 2.24) is 5.32 Å². The number of carbonyl (C=O) groups is 1. The Morgan fingerprint density at radius 1 is 1.35 bits per heavy atom. The van der Waals surface area contributed by atoms with Gasteiger partial charge in [-0.25, -0.2) is 0 Å². The zero-order valence-electron chi connectivity index (χ0n) is 14.6. The fourth-order valence-electron chi connectivity index (χ4n) is 2.99. The van der Waals surface area contributed by atoms with Gasteiger partial charge < -0.3 is 10.1 Å². The van der Waals surface area contributed by atoms with Crippen LogP contribution in [0.5, 0.6) is 5.75 Å². The van der Waals surface area contributed by atoms with E-state index in [1.54, 1.807) is 6.08 Å². The Balaban J connectivity index is 1.79. The Morgan fingerprint density at radius 2 is 2.09 bits per heavy atom. The molecule has 3 heteroatoms. The second-order valence-electron chi connectivity index (χ2n) is 7.22. The SMILES string of the molecule is CCCCOc1ccc(/C=C/C(=O)NC2CCC(C)(C)C2)cc1. The summed E-state index contributed by atoms with van der Waals surface area (Å²) in [6.07, 6.45) is 9.01. The number of hydrogen-bond acceptors (Lipinski definition) is 2. The molecule has 1 saturated carbocycles. The summed E-state index contributed by atoms with van der Waals surface area (Å²) in [7, 11) is 0. The van der Waals surface area contributed by atoms with Crippen molar-refractivity contribution >= 4 is 12.0 Å². The topological polar surface area (TPSA) is 38.3 Å². The maximum absolute atomic E-state index is 12.0. The quantitative estimate of drug-likeness (QED) is 0.591. The third-order valence-corrected chi connectivity index (χ3v) is 4.39. The molecule has 23 heavy (non-hydrogen) atoms. The van der Waals surface area contributed by atoms with E-state index in [9.17, 15) is 4.79 Å². The zero-order chi connectivity index (χ0) is 16.7. The van der Waals surface area contributed by atoms with Gasteiger partial charge in [-0.2, -0.15) is 0 Å². The van der Waals surface area contributed by atoms with Crippen LogP contribution >= 0.6 is 0 Å². The lowest BCUT2D eigenvalue weighted by Crippen LogP contribution is -2.32. The highest BCUT2D eigenvalue weighted by Crippen LogP contribution is 2.36. The first-order valence-corrected chi connectivity index (χ1v) is 8.70. The molecule has 1 aliphatic carbocycles. The number of nitrogens with one attached hydrogen (secondary N) is 1. The maximum Gasteiger partial charge on any atom is 0.244 e. The van der Waals surface area contributed by atoms with Crippen molar-refractivity contribution in [2.45, 2.75) is 58.9 Å². The molecule has 126 valence electrons. The summed E-state index contributed by atoms with van der Waals surface area (Å²) in [5, 5.41) is 3.10. The smallest absolute Gasteiger partial charge is 0.244 e. The lowest BCUT2D eigenvalue weighted by atomic mass is 9.92. The van der Waals surface area contributed by atoms with E-state index in [1.165, 1.54) is 6.42 Å². The molecule has 1 fully saturated rings. The number of carbonyl (C=O) groups excluding carboxylic acids is 1. The summed E-state index contributed by atoms with van der Waals surface area (Å²) in [6.45, 7) is 7.43. The predicted molar refractivity (Wildman–Crippen MR) is 95.4 cm³/mol. The summed E-state index contributed by atoms with van der Waals surface area (Å²) in [6, 6.07) is 8.17. The summed E-state index contributed by atoms with van der Waals surface area (Å²) in [5.74, 6) is 0.879. The molecule has 0 aliphatic heterocycles. The standard InChI is InChI=1S/C20H29NO2/c1-4-5-14-23-18-9-6-16(7-10-18)8-11-19(22)21-17-12-13-20(2,3)15-17/h6-11,17H,4-5,12-15H2,1-3H3,(H,21,22)/b11-8+. The molecule has 0 aromatic heterocycles. The van der Waals surface area contributed by atoms with Gasteiger partial charge in [0.1, 0.15) is 5.75 Å². The highest BCUT2D eigenvalue weighted by molar-refractivity contribution is 5.91. The van der Waals surface area contributed by atoms with Gasteiger partial charge in [-0.3, -0.25) is 4.79 Å². The highest BCUT2D eigenvalue weighted by atomic mass is 16.5. The molecule has 1 aromatic carbocycles. The molecule has 0 heterocycles. The first-order valence-electron chi connectivity index (χ1n) is 8.70. The Morgan fingerprint density at radius 3 is 2.70 bits per heavy atom. The Bertz CT molecular complexity index is 531. The summed E-state index contributed by atoms with van der Waals surface area (Å²) >= 11 is 0. The van der Waals surface area contributed by atoms with Gasteiger partial charge in [-0.1, -0.05) is 39.3 Å². The van der Waals surface area contributed by atoms with Crippen LogP contribution < -0.4 is 10.1 Å². The zero-order valence-corrected chi connectivity index (χ0v) is 14.6. The van der Waals surface area contributed by atoms with Crippen LogP contribution in [0.1, 0.15) is 58.4 Å². The van der Waals surface area contributed by atoms with Crippen LogP contribution in [0.4, 0.5) is 0 Å². The van der Waals surface area contributed by atoms with E-state index in [-0.39, 0.29) is 5.91 Å². The molecule has 2 rings (SSSR count). The minimum atomic E-state index is -0.00373. The van der Waals surface area contributed by atoms with Crippen LogP contribution in [0.3, 0.4) is 0 Å². The molecule has 1 atom stereocenters. The Labute approximate surface area is 140 Å². The number of unbranched alkanes of at least 4 members (excludes halogenated alkanes) is 1. The number of amides is 1. The molecular formula is C20H29NO2. The van der Waals surface area contributed by atoms with E-state index >= 15 is 0 Å². The summed E-state index contributed by atoms with van der Waals surface area (Å²) in [5.41, 5.74) is 1.37. The normalized spacial score (nSPS) is 19.9. The monoisotopic (exact) mass is 315 g/mol. The molecule has 0 bridgehead atoms. The lowest BCUT2D eigenvalue weighted by Gasteiger charge is -2.17. The molecule has 1 aliphatic rings. The first-order chi connectivity index (χ1) is 11.0. The van der Waals surface area contributed by atoms with Gasteiger partial charge in [0.25, 0.3) is 0 Å². The highest BCUT2D eigenvalue weighted by Gasteiger charge is 2.31. The number of hydrogen-bond donors (Lipinski definition) is 1. The van der Waals surface area contributed by atoms with E-state index in [1.807, 2.05) is 30.3 Å². The van der Waals surface area contributed by atoms with Crippen LogP contribution in [0.25, 0.3) is 6.08 Å². The van der Waals surface area contributed by atoms with Crippen LogP contribution in [0, 0.1) is 5.41 Å². The molecule has 1 aromatic rings. The minimum Gasteiger partial charge on any atom is -0.494 e. The molecule has 0 saturated heterocycles. The fraction of sp³-hybridized carbons (Fsp3) is 0.550. The van der Waals surface area contributed by atoms with Crippen molar-refractivity contribution in [3.8, 4) is 5.75 Å². The molecule has 0 spiro atoms. The number of rotatable bonds is 7. The van der Waals surface area contributed by atoms with Crippen molar-refractivity contribution in [2.75, 3.05) is 6.61 Å². The second kappa shape index (κ2) is 8.19. The van der Waals surface area contributed by atoms with E-state index in [0.29, 0.717) is 11.5 Å². The molecule has 0 radical (unpaired) electrons. The molecule has 1 amide bonds. The van der Waals surface area contributed by atoms with E-state index in [2.05, 4.69) is 26.1 Å².